The largest absolute Gasteiger partial charge is 0.507 e. The topological polar surface area (TPSA) is 70.3 Å². The van der Waals surface area contributed by atoms with E-state index in [2.05, 4.69) is 4.74 Å². The van der Waals surface area contributed by atoms with Crippen molar-refractivity contribution in [2.24, 2.45) is 0 Å². The van der Waals surface area contributed by atoms with Gasteiger partial charge in [-0.15, -0.1) is 0 Å². The zero-order valence-electron chi connectivity index (χ0n) is 4.29. The molecule has 0 bridgehead atoms. The molecule has 0 aromatic heterocycles. The summed E-state index contributed by atoms with van der Waals surface area (Å²) < 4.78 is 3.95. The molecule has 0 rings (SSSR count). The molecule has 0 aliphatic heterocycles. The van der Waals surface area contributed by atoms with Crippen LogP contribution in [0.1, 0.15) is 6.92 Å². The van der Waals surface area contributed by atoms with Crippen LogP contribution in [-0.4, -0.2) is 17.4 Å². The lowest BCUT2D eigenvalue weighted by Crippen LogP contribution is -2.09. The van der Waals surface area contributed by atoms with Crippen LogP contribution < -0.4 is 0 Å². The molecule has 4 nitrogen and oxygen atoms in total. The van der Waals surface area contributed by atoms with Gasteiger partial charge in [-0.05, 0) is 6.92 Å². The van der Waals surface area contributed by atoms with Gasteiger partial charge in [-0.2, -0.15) is 5.26 Å². The van der Waals surface area contributed by atoms with Gasteiger partial charge in [-0.1, -0.05) is 0 Å². The molecule has 0 aliphatic carbocycles. The molecule has 0 radical (unpaired) electrons. The summed E-state index contributed by atoms with van der Waals surface area (Å²) in [7, 11) is 0. The third kappa shape index (κ3) is 2.97. The molecule has 0 amide bonds. The Bertz CT molecular complexity index is 126. The molecular formula is C4H5NO3. The van der Waals surface area contributed by atoms with E-state index in [0.717, 1.165) is 0 Å². The Morgan fingerprint density at radius 1 is 2.00 bits per heavy atom. The highest BCUT2D eigenvalue weighted by molar-refractivity contribution is 5.57. The second kappa shape index (κ2) is 2.86. The van der Waals surface area contributed by atoms with E-state index < -0.39 is 12.3 Å². The highest BCUT2D eigenvalue weighted by atomic mass is 16.7. The Balaban J connectivity index is 3.43. The first kappa shape index (κ1) is 6.76. The number of hydrogen-bond donors (Lipinski definition) is 1. The van der Waals surface area contributed by atoms with E-state index >= 15 is 0 Å². The Morgan fingerprint density at radius 2 is 2.50 bits per heavy atom. The minimum Gasteiger partial charge on any atom is -0.450 e. The fourth-order valence-electron chi connectivity index (χ4n) is 0.178. The van der Waals surface area contributed by atoms with Gasteiger partial charge in [-0.3, -0.25) is 0 Å². The number of carbonyl (C=O) groups is 1. The van der Waals surface area contributed by atoms with Crippen LogP contribution in [-0.2, 0) is 4.74 Å². The van der Waals surface area contributed by atoms with Crippen LogP contribution in [0.15, 0.2) is 0 Å². The number of rotatable bonds is 1. The second-order valence-corrected chi connectivity index (χ2v) is 1.16. The molecule has 44 valence electrons. The monoisotopic (exact) mass is 115 g/mol. The van der Waals surface area contributed by atoms with Crippen LogP contribution in [0.3, 0.4) is 0 Å². The van der Waals surface area contributed by atoms with Crippen molar-refractivity contribution in [3.05, 3.63) is 0 Å². The maximum atomic E-state index is 9.60. The van der Waals surface area contributed by atoms with Gasteiger partial charge in [0.2, 0.25) is 0 Å². The van der Waals surface area contributed by atoms with E-state index in [-0.39, 0.29) is 0 Å². The summed E-state index contributed by atoms with van der Waals surface area (Å²) in [5.41, 5.74) is 0. The molecule has 4 heteroatoms. The molecule has 0 aliphatic rings. The van der Waals surface area contributed by atoms with Crippen molar-refractivity contribution in [3.8, 4) is 6.07 Å². The van der Waals surface area contributed by atoms with E-state index in [1.165, 1.54) is 6.92 Å². The third-order valence-electron chi connectivity index (χ3n) is 0.459. The summed E-state index contributed by atoms with van der Waals surface area (Å²) in [5, 5.41) is 15.8. The second-order valence-electron chi connectivity index (χ2n) is 1.16. The summed E-state index contributed by atoms with van der Waals surface area (Å²) in [5.74, 6) is 0. The van der Waals surface area contributed by atoms with Crippen LogP contribution in [0, 0.1) is 11.3 Å². The predicted octanol–water partition coefficient (Wildman–Crippen LogP) is 0.593. The molecule has 0 aromatic rings. The number of ether oxygens (including phenoxy) is 1. The van der Waals surface area contributed by atoms with Crippen molar-refractivity contribution in [2.75, 3.05) is 0 Å². The SMILES string of the molecule is CC(C#N)OC(=O)O. The molecule has 0 spiro atoms. The molecule has 0 aromatic carbocycles. The van der Waals surface area contributed by atoms with Crippen molar-refractivity contribution < 1.29 is 14.6 Å². The first-order chi connectivity index (χ1) is 3.66. The van der Waals surface area contributed by atoms with Gasteiger partial charge in [0.25, 0.3) is 0 Å². The predicted molar refractivity (Wildman–Crippen MR) is 24.2 cm³/mol. The average Bonchev–Trinajstić information content (AvgIpc) is 1.65. The van der Waals surface area contributed by atoms with E-state index in [1.807, 2.05) is 0 Å². The summed E-state index contributed by atoms with van der Waals surface area (Å²) >= 11 is 0. The maximum absolute atomic E-state index is 9.60. The third-order valence-corrected chi connectivity index (χ3v) is 0.459. The molecule has 1 unspecified atom stereocenters. The average molecular weight is 115 g/mol. The van der Waals surface area contributed by atoms with Gasteiger partial charge in [0, 0.05) is 0 Å². The van der Waals surface area contributed by atoms with E-state index in [0.29, 0.717) is 0 Å². The Labute approximate surface area is 46.3 Å². The normalized spacial score (nSPS) is 11.5. The van der Waals surface area contributed by atoms with E-state index in [9.17, 15) is 4.79 Å². The van der Waals surface area contributed by atoms with Crippen LogP contribution >= 0.6 is 0 Å². The summed E-state index contributed by atoms with van der Waals surface area (Å²) in [6, 6.07) is 1.59. The first-order valence-electron chi connectivity index (χ1n) is 1.96. The van der Waals surface area contributed by atoms with E-state index in [4.69, 9.17) is 10.4 Å². The van der Waals surface area contributed by atoms with Gasteiger partial charge < -0.3 is 9.84 Å². The van der Waals surface area contributed by atoms with Gasteiger partial charge in [0.05, 0.1) is 0 Å². The smallest absolute Gasteiger partial charge is 0.450 e. The summed E-state index contributed by atoms with van der Waals surface area (Å²) in [6.45, 7) is 1.36. The van der Waals surface area contributed by atoms with Gasteiger partial charge >= 0.3 is 6.16 Å². The molecular weight excluding hydrogens is 110 g/mol. The molecule has 0 saturated carbocycles. The quantitative estimate of drug-likeness (QED) is 0.508. The van der Waals surface area contributed by atoms with Crippen molar-refractivity contribution in [2.45, 2.75) is 13.0 Å². The minimum absolute atomic E-state index is 0.868. The molecule has 0 heterocycles. The molecule has 1 atom stereocenters. The van der Waals surface area contributed by atoms with Gasteiger partial charge in [0.15, 0.2) is 6.10 Å². The lowest BCUT2D eigenvalue weighted by atomic mass is 10.5. The maximum Gasteiger partial charge on any atom is 0.507 e. The molecule has 8 heavy (non-hydrogen) atoms. The molecule has 0 saturated heterocycles. The van der Waals surface area contributed by atoms with Crippen LogP contribution in [0.4, 0.5) is 4.79 Å². The van der Waals surface area contributed by atoms with Crippen molar-refractivity contribution >= 4 is 6.16 Å². The number of nitrogens with zero attached hydrogens (tertiary/aromatic N) is 1. The van der Waals surface area contributed by atoms with Crippen molar-refractivity contribution in [1.82, 2.24) is 0 Å². The lowest BCUT2D eigenvalue weighted by Gasteiger charge is -1.97. The Hall–Kier alpha value is -1.24. The lowest BCUT2D eigenvalue weighted by molar-refractivity contribution is 0.0774. The fourth-order valence-corrected chi connectivity index (χ4v) is 0.178. The van der Waals surface area contributed by atoms with Crippen LogP contribution in [0.5, 0.6) is 0 Å². The molecule has 0 fully saturated rings. The van der Waals surface area contributed by atoms with Gasteiger partial charge in [-0.25, -0.2) is 4.79 Å². The zero-order valence-corrected chi connectivity index (χ0v) is 4.29. The number of carboxylic acid groups (broad SMARTS) is 1. The fraction of sp³-hybridized carbons (Fsp3) is 0.500. The number of hydrogen-bond acceptors (Lipinski definition) is 3. The minimum atomic E-state index is -1.42. The van der Waals surface area contributed by atoms with E-state index in [1.54, 1.807) is 6.07 Å². The zero-order chi connectivity index (χ0) is 6.57. The standard InChI is InChI=1S/C4H5NO3/c1-3(2-5)8-4(6)7/h3H,1H3,(H,6,7). The van der Waals surface area contributed by atoms with Crippen molar-refractivity contribution in [3.63, 3.8) is 0 Å². The Morgan fingerprint density at radius 3 is 2.62 bits per heavy atom. The number of nitriles is 1. The van der Waals surface area contributed by atoms with Crippen molar-refractivity contribution in [1.29, 1.82) is 5.26 Å². The highest BCUT2D eigenvalue weighted by Gasteiger charge is 2.02. The van der Waals surface area contributed by atoms with Gasteiger partial charge in [0.1, 0.15) is 6.07 Å². The first-order valence-corrected chi connectivity index (χ1v) is 1.96. The molecule has 1 N–H and O–H groups in total. The highest BCUT2D eigenvalue weighted by Crippen LogP contribution is 1.85. The van der Waals surface area contributed by atoms with Crippen LogP contribution in [0.2, 0.25) is 0 Å². The summed E-state index contributed by atoms with van der Waals surface area (Å²) in [6.07, 6.45) is -2.29. The Kier molecular flexibility index (Phi) is 2.41. The summed E-state index contributed by atoms with van der Waals surface area (Å²) in [4.78, 5) is 9.60. The van der Waals surface area contributed by atoms with Crippen LogP contribution in [0.25, 0.3) is 0 Å².